The van der Waals surface area contributed by atoms with Crippen LogP contribution in [0, 0.1) is 52.3 Å². The van der Waals surface area contributed by atoms with Gasteiger partial charge in [-0.25, -0.2) is 0 Å². The Kier molecular flexibility index (Phi) is 10.4. The molecule has 8 aliphatic rings. The predicted octanol–water partition coefficient (Wildman–Crippen LogP) is 1.44. The fraction of sp³-hybridized carbons (Fsp3) is 1.00. The Balaban J connectivity index is 0.942. The molecular formula is C39H64O13. The first-order valence-corrected chi connectivity index (χ1v) is 20.3. The minimum atomic E-state index is -1.71. The number of aliphatic hydroxyl groups is 7. The molecule has 13 heteroatoms. The Morgan fingerprint density at radius 3 is 2.06 bits per heavy atom. The zero-order chi connectivity index (χ0) is 36.9. The molecule has 8 rings (SSSR count). The summed E-state index contributed by atoms with van der Waals surface area (Å²) >= 11 is 0. The Bertz CT molecular complexity index is 1260. The average molecular weight is 741 g/mol. The van der Waals surface area contributed by atoms with Gasteiger partial charge in [0.05, 0.1) is 32.0 Å². The fourth-order valence-corrected chi connectivity index (χ4v) is 13.2. The lowest BCUT2D eigenvalue weighted by Gasteiger charge is -2.61. The summed E-state index contributed by atoms with van der Waals surface area (Å²) < 4.78 is 37.5. The molecule has 0 radical (unpaired) electrons. The first-order chi connectivity index (χ1) is 24.7. The number of aliphatic hydroxyl groups excluding tert-OH is 7. The summed E-state index contributed by atoms with van der Waals surface area (Å²) in [6, 6.07) is 0. The lowest BCUT2D eigenvalue weighted by molar-refractivity contribution is -0.373. The van der Waals surface area contributed by atoms with Gasteiger partial charge >= 0.3 is 0 Å². The number of rotatable bonds is 6. The number of fused-ring (bicyclic) bond motifs is 7. The van der Waals surface area contributed by atoms with Crippen molar-refractivity contribution >= 4 is 0 Å². The van der Waals surface area contributed by atoms with Crippen LogP contribution in [0.4, 0.5) is 0 Å². The van der Waals surface area contributed by atoms with Crippen LogP contribution in [-0.2, 0) is 28.4 Å². The van der Waals surface area contributed by atoms with E-state index in [1.165, 1.54) is 25.7 Å². The van der Waals surface area contributed by atoms with Gasteiger partial charge in [-0.2, -0.15) is 0 Å². The highest BCUT2D eigenvalue weighted by atomic mass is 16.8. The van der Waals surface area contributed by atoms with Crippen molar-refractivity contribution in [1.82, 2.24) is 0 Å². The fourth-order valence-electron chi connectivity index (χ4n) is 13.2. The largest absolute Gasteiger partial charge is 0.394 e. The predicted molar refractivity (Wildman–Crippen MR) is 183 cm³/mol. The Hall–Kier alpha value is -0.520. The molecule has 8 fully saturated rings. The van der Waals surface area contributed by atoms with Gasteiger partial charge < -0.3 is 64.2 Å². The molecule has 22 atom stereocenters. The second-order valence-corrected chi connectivity index (χ2v) is 18.7. The molecule has 8 unspecified atom stereocenters. The zero-order valence-electron chi connectivity index (χ0n) is 31.2. The van der Waals surface area contributed by atoms with Gasteiger partial charge in [0.1, 0.15) is 48.8 Å². The Labute approximate surface area is 307 Å². The lowest BCUT2D eigenvalue weighted by Crippen LogP contribution is -2.65. The maximum atomic E-state index is 11.1. The smallest absolute Gasteiger partial charge is 0.187 e. The van der Waals surface area contributed by atoms with E-state index >= 15 is 0 Å². The van der Waals surface area contributed by atoms with Crippen LogP contribution < -0.4 is 0 Å². The molecule has 4 aliphatic heterocycles. The van der Waals surface area contributed by atoms with E-state index in [1.54, 1.807) is 0 Å². The second kappa shape index (κ2) is 14.1. The molecule has 0 aromatic rings. The summed E-state index contributed by atoms with van der Waals surface area (Å²) in [5.74, 6) is 3.51. The van der Waals surface area contributed by atoms with E-state index in [-0.39, 0.29) is 23.0 Å². The van der Waals surface area contributed by atoms with Crippen LogP contribution in [0.5, 0.6) is 0 Å². The molecule has 298 valence electrons. The van der Waals surface area contributed by atoms with Crippen LogP contribution >= 0.6 is 0 Å². The second-order valence-electron chi connectivity index (χ2n) is 18.7. The minimum Gasteiger partial charge on any atom is -0.394 e. The molecule has 0 amide bonds. The molecule has 0 aromatic carbocycles. The van der Waals surface area contributed by atoms with Gasteiger partial charge in [0, 0.05) is 12.3 Å². The summed E-state index contributed by atoms with van der Waals surface area (Å²) in [6.45, 7) is 9.33. The van der Waals surface area contributed by atoms with Crippen molar-refractivity contribution in [1.29, 1.82) is 0 Å². The van der Waals surface area contributed by atoms with E-state index in [9.17, 15) is 35.7 Å². The van der Waals surface area contributed by atoms with Crippen LogP contribution in [0.3, 0.4) is 0 Å². The lowest BCUT2D eigenvalue weighted by atomic mass is 9.44. The van der Waals surface area contributed by atoms with Gasteiger partial charge in [-0.1, -0.05) is 27.7 Å². The summed E-state index contributed by atoms with van der Waals surface area (Å²) in [7, 11) is 0. The molecular weight excluding hydrogens is 676 g/mol. The van der Waals surface area contributed by atoms with Gasteiger partial charge in [0.2, 0.25) is 0 Å². The maximum Gasteiger partial charge on any atom is 0.187 e. The van der Waals surface area contributed by atoms with Crippen molar-refractivity contribution in [3.05, 3.63) is 0 Å². The first-order valence-electron chi connectivity index (χ1n) is 20.3. The molecule has 13 nitrogen and oxygen atoms in total. The topological polar surface area (TPSA) is 197 Å². The van der Waals surface area contributed by atoms with Crippen molar-refractivity contribution in [2.45, 2.75) is 171 Å². The van der Waals surface area contributed by atoms with Crippen LogP contribution in [-0.4, -0.2) is 135 Å². The van der Waals surface area contributed by atoms with E-state index in [1.807, 2.05) is 0 Å². The molecule has 1 spiro atoms. The van der Waals surface area contributed by atoms with Crippen molar-refractivity contribution in [3.8, 4) is 0 Å². The van der Waals surface area contributed by atoms with Crippen molar-refractivity contribution < 1.29 is 64.2 Å². The number of hydrogen-bond acceptors (Lipinski definition) is 13. The Morgan fingerprint density at radius 2 is 1.37 bits per heavy atom. The molecule has 0 bridgehead atoms. The SMILES string of the molecule is CC1CCC2(OC1)OC1C[C@@H]3C4CCC5C[C@@H](O[C@@H]6O[C@H](CO)[C@H](O)[C@@H](O)[C@H]6O[C@@H]6O[C@H](CO)[C@@H](O)[C@@H](O)[C@H]6O)CC[C@]5(C)C4CC[C@]3(C)C1C2C. The molecule has 4 heterocycles. The van der Waals surface area contributed by atoms with Gasteiger partial charge in [0.25, 0.3) is 0 Å². The summed E-state index contributed by atoms with van der Waals surface area (Å²) in [4.78, 5) is 0. The number of hydrogen-bond donors (Lipinski definition) is 7. The van der Waals surface area contributed by atoms with Gasteiger partial charge in [-0.15, -0.1) is 0 Å². The highest BCUT2D eigenvalue weighted by molar-refractivity contribution is 5.15. The number of ether oxygens (including phenoxy) is 6. The maximum absolute atomic E-state index is 11.1. The van der Waals surface area contributed by atoms with Crippen LogP contribution in [0.15, 0.2) is 0 Å². The summed E-state index contributed by atoms with van der Waals surface area (Å²) in [6.07, 6.45) is -3.88. The molecule has 4 saturated heterocycles. The quantitative estimate of drug-likeness (QED) is 0.194. The van der Waals surface area contributed by atoms with Crippen LogP contribution in [0.25, 0.3) is 0 Å². The first kappa shape index (κ1) is 38.4. The highest BCUT2D eigenvalue weighted by Gasteiger charge is 2.69. The van der Waals surface area contributed by atoms with Crippen LogP contribution in [0.1, 0.15) is 91.9 Å². The van der Waals surface area contributed by atoms with Crippen molar-refractivity contribution in [3.63, 3.8) is 0 Å². The van der Waals surface area contributed by atoms with Gasteiger partial charge in [0.15, 0.2) is 18.4 Å². The van der Waals surface area contributed by atoms with Crippen LogP contribution in [0.2, 0.25) is 0 Å². The molecule has 7 N–H and O–H groups in total. The molecule has 0 aromatic heterocycles. The average Bonchev–Trinajstić information content (AvgIpc) is 3.58. The van der Waals surface area contributed by atoms with E-state index < -0.39 is 80.4 Å². The van der Waals surface area contributed by atoms with E-state index in [0.29, 0.717) is 41.4 Å². The van der Waals surface area contributed by atoms with Gasteiger partial charge in [-0.3, -0.25) is 0 Å². The third-order valence-electron chi connectivity index (χ3n) is 16.2. The summed E-state index contributed by atoms with van der Waals surface area (Å²) in [5.41, 5.74) is 0.425. The summed E-state index contributed by atoms with van der Waals surface area (Å²) in [5, 5.41) is 72.7. The normalized spacial score (nSPS) is 59.0. The van der Waals surface area contributed by atoms with Crippen molar-refractivity contribution in [2.24, 2.45) is 52.3 Å². The van der Waals surface area contributed by atoms with Crippen molar-refractivity contribution in [2.75, 3.05) is 19.8 Å². The Morgan fingerprint density at radius 1 is 0.673 bits per heavy atom. The van der Waals surface area contributed by atoms with E-state index in [2.05, 4.69) is 27.7 Å². The zero-order valence-corrected chi connectivity index (χ0v) is 31.2. The van der Waals surface area contributed by atoms with Gasteiger partial charge in [-0.05, 0) is 104 Å². The van der Waals surface area contributed by atoms with E-state index in [4.69, 9.17) is 28.4 Å². The molecule has 4 aliphatic carbocycles. The monoisotopic (exact) mass is 740 g/mol. The highest BCUT2D eigenvalue weighted by Crippen LogP contribution is 2.71. The third-order valence-corrected chi connectivity index (χ3v) is 16.2. The molecule has 4 saturated carbocycles. The standard InChI is InChI=1S/C39H64O13/c1-18-7-12-39(47-17-18)19(2)28-25(52-39)14-24-22-6-5-20-13-21(8-10-37(20,3)23(22)9-11-38(24,28)4)48-36-34(32(45)30(43)27(16-41)50-36)51-35-33(46)31(44)29(42)26(15-40)49-35/h18-36,40-46H,5-17H2,1-4H3/t18?,19?,20?,21-,22?,23?,24+,25?,26+,27+,28?,29+,30-,31+,32+,33+,34+,35-,36+,37-,38-,39?/m0/s1. The minimum absolute atomic E-state index is 0.168. The van der Waals surface area contributed by atoms with E-state index in [0.717, 1.165) is 45.1 Å². The third kappa shape index (κ3) is 5.98. The molecule has 52 heavy (non-hydrogen) atoms.